The Hall–Kier alpha value is -1.32. The van der Waals surface area contributed by atoms with Gasteiger partial charge in [0.15, 0.2) is 0 Å². The lowest BCUT2D eigenvalue weighted by Crippen LogP contribution is -2.54. The number of hydrogen-bond donors (Lipinski definition) is 2. The lowest BCUT2D eigenvalue weighted by molar-refractivity contribution is -0.116. The lowest BCUT2D eigenvalue weighted by Gasteiger charge is -2.62. The molecule has 4 nitrogen and oxygen atoms in total. The molecule has 126 valence electrons. The first-order valence-electron chi connectivity index (χ1n) is 9.37. The van der Waals surface area contributed by atoms with E-state index in [1.807, 2.05) is 0 Å². The third-order valence-electron chi connectivity index (χ3n) is 7.86. The maximum absolute atomic E-state index is 10.5. The molecule has 4 bridgehead atoms. The molecular weight excluding hydrogens is 290 g/mol. The predicted octanol–water partition coefficient (Wildman–Crippen LogP) is 3.52. The third-order valence-corrected chi connectivity index (χ3v) is 7.86. The van der Waals surface area contributed by atoms with Crippen LogP contribution in [-0.2, 0) is 0 Å². The molecule has 6 saturated carbocycles. The molecule has 5 atom stereocenters. The number of aromatic hydroxyl groups is 2. The fraction of sp³-hybridized carbons (Fsp3) is 0.789. The van der Waals surface area contributed by atoms with Crippen molar-refractivity contribution in [1.82, 2.24) is 4.73 Å². The Bertz CT molecular complexity index is 616. The van der Waals surface area contributed by atoms with E-state index in [1.54, 1.807) is 6.07 Å². The molecular formula is C19H27NO3. The van der Waals surface area contributed by atoms with E-state index in [4.69, 9.17) is 4.84 Å². The van der Waals surface area contributed by atoms with Crippen molar-refractivity contribution in [2.24, 2.45) is 35.5 Å². The number of fused-ring (bicyclic) bond motifs is 4. The number of hydrogen-bond acceptors (Lipinski definition) is 3. The Labute approximate surface area is 137 Å². The molecule has 5 unspecified atom stereocenters. The van der Waals surface area contributed by atoms with Gasteiger partial charge in [0.05, 0.1) is 0 Å². The number of nitrogens with zero attached hydrogens (tertiary/aromatic N) is 1. The van der Waals surface area contributed by atoms with Crippen LogP contribution in [0.25, 0.3) is 0 Å². The van der Waals surface area contributed by atoms with Crippen LogP contribution in [-0.4, -0.2) is 22.1 Å². The fourth-order valence-corrected chi connectivity index (χ4v) is 7.21. The summed E-state index contributed by atoms with van der Waals surface area (Å²) in [6, 6.07) is 1.74. The molecule has 1 aromatic heterocycles. The van der Waals surface area contributed by atoms with Crippen LogP contribution in [0.2, 0.25) is 0 Å². The quantitative estimate of drug-likeness (QED) is 0.877. The zero-order chi connectivity index (χ0) is 15.7. The average molecular weight is 317 g/mol. The second-order valence-corrected chi connectivity index (χ2v) is 8.43. The van der Waals surface area contributed by atoms with Crippen LogP contribution in [0.4, 0.5) is 0 Å². The van der Waals surface area contributed by atoms with Gasteiger partial charge in [0.2, 0.25) is 11.8 Å². The zero-order valence-electron chi connectivity index (χ0n) is 13.8. The first kappa shape index (κ1) is 14.1. The Kier molecular flexibility index (Phi) is 2.96. The summed E-state index contributed by atoms with van der Waals surface area (Å²) in [4.78, 5) is 5.10. The van der Waals surface area contributed by atoms with Gasteiger partial charge in [-0.25, -0.2) is 0 Å². The second kappa shape index (κ2) is 4.84. The molecule has 0 aromatic carbocycles. The minimum atomic E-state index is 0.0168. The highest BCUT2D eigenvalue weighted by Gasteiger charge is 2.57. The van der Waals surface area contributed by atoms with Gasteiger partial charge in [-0.05, 0) is 86.4 Å². The molecule has 6 fully saturated rings. The summed E-state index contributed by atoms with van der Waals surface area (Å²) in [5.41, 5.74) is 0.916. The standard InChI is InChI=1S/C19H27NO3/c1-23-20-16(21)9-15(19(20)22)14-8-12-6-7-13(14)18-11-4-2-10(3-5-11)17(12)18/h9-14,17-18,21-22H,2-8H2,1H3. The Morgan fingerprint density at radius 1 is 0.957 bits per heavy atom. The molecule has 2 N–H and O–H groups in total. The normalized spacial score (nSPS) is 44.3. The summed E-state index contributed by atoms with van der Waals surface area (Å²) >= 11 is 0. The topological polar surface area (TPSA) is 54.6 Å². The Balaban J connectivity index is 1.52. The van der Waals surface area contributed by atoms with Crippen molar-refractivity contribution >= 4 is 0 Å². The van der Waals surface area contributed by atoms with Gasteiger partial charge >= 0.3 is 0 Å². The van der Waals surface area contributed by atoms with E-state index in [0.29, 0.717) is 11.8 Å². The van der Waals surface area contributed by atoms with Crippen LogP contribution in [0.5, 0.6) is 11.8 Å². The minimum absolute atomic E-state index is 0.0168. The highest BCUT2D eigenvalue weighted by Crippen LogP contribution is 2.66. The van der Waals surface area contributed by atoms with Gasteiger partial charge in [0.25, 0.3) is 0 Å². The van der Waals surface area contributed by atoms with Crippen molar-refractivity contribution in [1.29, 1.82) is 0 Å². The van der Waals surface area contributed by atoms with Crippen molar-refractivity contribution in [2.45, 2.75) is 50.9 Å². The second-order valence-electron chi connectivity index (χ2n) is 8.43. The molecule has 7 rings (SSSR count). The summed E-state index contributed by atoms with van der Waals surface area (Å²) in [6.45, 7) is 0. The van der Waals surface area contributed by atoms with E-state index in [2.05, 4.69) is 0 Å². The van der Waals surface area contributed by atoms with Crippen LogP contribution in [0, 0.1) is 35.5 Å². The predicted molar refractivity (Wildman–Crippen MR) is 86.3 cm³/mol. The maximum atomic E-state index is 10.5. The lowest BCUT2D eigenvalue weighted by atomic mass is 9.43. The molecule has 1 aromatic rings. The number of aromatic nitrogens is 1. The molecule has 0 aliphatic heterocycles. The van der Waals surface area contributed by atoms with Gasteiger partial charge < -0.3 is 15.1 Å². The molecule has 23 heavy (non-hydrogen) atoms. The van der Waals surface area contributed by atoms with E-state index < -0.39 is 0 Å². The smallest absolute Gasteiger partial charge is 0.232 e. The van der Waals surface area contributed by atoms with E-state index in [-0.39, 0.29) is 11.8 Å². The van der Waals surface area contributed by atoms with Gasteiger partial charge in [0, 0.05) is 11.6 Å². The van der Waals surface area contributed by atoms with Crippen molar-refractivity contribution in [3.05, 3.63) is 11.6 Å². The molecule has 1 heterocycles. The zero-order valence-corrected chi connectivity index (χ0v) is 13.8. The molecule has 0 saturated heterocycles. The monoisotopic (exact) mass is 317 g/mol. The molecule has 4 heteroatoms. The highest BCUT2D eigenvalue weighted by atomic mass is 16.7. The first-order valence-corrected chi connectivity index (χ1v) is 9.37. The van der Waals surface area contributed by atoms with Crippen molar-refractivity contribution < 1.29 is 15.1 Å². The summed E-state index contributed by atoms with van der Waals surface area (Å²) in [5, 5.41) is 20.5. The molecule has 0 spiro atoms. The van der Waals surface area contributed by atoms with E-state index in [0.717, 1.165) is 39.9 Å². The van der Waals surface area contributed by atoms with Gasteiger partial charge in [-0.2, -0.15) is 0 Å². The summed E-state index contributed by atoms with van der Waals surface area (Å²) in [5.74, 6) is 5.77. The molecule has 0 radical (unpaired) electrons. The van der Waals surface area contributed by atoms with Gasteiger partial charge in [-0.3, -0.25) is 0 Å². The summed E-state index contributed by atoms with van der Waals surface area (Å²) < 4.78 is 1.15. The molecule has 0 amide bonds. The van der Waals surface area contributed by atoms with Crippen LogP contribution in [0.15, 0.2) is 6.07 Å². The summed E-state index contributed by atoms with van der Waals surface area (Å²) in [7, 11) is 1.48. The maximum Gasteiger partial charge on any atom is 0.232 e. The van der Waals surface area contributed by atoms with Crippen molar-refractivity contribution in [3.63, 3.8) is 0 Å². The fourth-order valence-electron chi connectivity index (χ4n) is 7.21. The minimum Gasteiger partial charge on any atom is -0.492 e. The van der Waals surface area contributed by atoms with Crippen LogP contribution < -0.4 is 4.84 Å². The molecule has 6 aliphatic rings. The van der Waals surface area contributed by atoms with Crippen LogP contribution in [0.1, 0.15) is 56.4 Å². The number of rotatable bonds is 2. The van der Waals surface area contributed by atoms with Gasteiger partial charge in [-0.15, -0.1) is 4.73 Å². The SMILES string of the molecule is COn1c(O)cc(C2CC3CCC2C2C4CCC(CC4)C32)c1O. The van der Waals surface area contributed by atoms with Crippen LogP contribution >= 0.6 is 0 Å². The highest BCUT2D eigenvalue weighted by molar-refractivity contribution is 5.39. The van der Waals surface area contributed by atoms with E-state index >= 15 is 0 Å². The Morgan fingerprint density at radius 3 is 2.26 bits per heavy atom. The Morgan fingerprint density at radius 2 is 1.61 bits per heavy atom. The molecule has 6 aliphatic carbocycles. The van der Waals surface area contributed by atoms with E-state index in [1.165, 1.54) is 52.1 Å². The third kappa shape index (κ3) is 1.78. The average Bonchev–Trinajstić information content (AvgIpc) is 2.90. The van der Waals surface area contributed by atoms with Gasteiger partial charge in [-0.1, -0.05) is 0 Å². The van der Waals surface area contributed by atoms with Crippen LogP contribution in [0.3, 0.4) is 0 Å². The van der Waals surface area contributed by atoms with Crippen molar-refractivity contribution in [3.8, 4) is 11.8 Å². The van der Waals surface area contributed by atoms with E-state index in [9.17, 15) is 10.2 Å². The largest absolute Gasteiger partial charge is 0.492 e. The summed E-state index contributed by atoms with van der Waals surface area (Å²) in [6.07, 6.45) is 9.66. The van der Waals surface area contributed by atoms with Crippen molar-refractivity contribution in [2.75, 3.05) is 7.11 Å². The van der Waals surface area contributed by atoms with Gasteiger partial charge in [0.1, 0.15) is 7.11 Å². The first-order chi connectivity index (χ1) is 11.2.